The zero-order chi connectivity index (χ0) is 17.4. The summed E-state index contributed by atoms with van der Waals surface area (Å²) in [5, 5.41) is 6.32. The maximum Gasteiger partial charge on any atom is 0.220 e. The minimum absolute atomic E-state index is 0.154. The number of aliphatic imine (C=N–C) groups is 1. The SMILES string of the molecule is CN=C(NCC1(CCOC)CCC1)N1CCC(CC(=O)NC)CC1. The van der Waals surface area contributed by atoms with Crippen LogP contribution in [0.3, 0.4) is 0 Å². The normalized spacial score (nSPS) is 21.3. The minimum Gasteiger partial charge on any atom is -0.385 e. The molecule has 0 radical (unpaired) electrons. The number of amides is 1. The van der Waals surface area contributed by atoms with Gasteiger partial charge in [-0.1, -0.05) is 6.42 Å². The van der Waals surface area contributed by atoms with E-state index in [1.165, 1.54) is 19.3 Å². The number of nitrogens with zero attached hydrogens (tertiary/aromatic N) is 2. The average molecular weight is 338 g/mol. The van der Waals surface area contributed by atoms with Crippen LogP contribution >= 0.6 is 0 Å². The van der Waals surface area contributed by atoms with Crippen LogP contribution in [0.5, 0.6) is 0 Å². The zero-order valence-electron chi connectivity index (χ0n) is 15.6. The van der Waals surface area contributed by atoms with E-state index in [0.717, 1.165) is 51.5 Å². The predicted molar refractivity (Wildman–Crippen MR) is 97.1 cm³/mol. The van der Waals surface area contributed by atoms with E-state index in [2.05, 4.69) is 20.5 Å². The summed E-state index contributed by atoms with van der Waals surface area (Å²) in [6, 6.07) is 0. The van der Waals surface area contributed by atoms with Crippen LogP contribution < -0.4 is 10.6 Å². The van der Waals surface area contributed by atoms with Crippen molar-refractivity contribution in [3.63, 3.8) is 0 Å². The van der Waals surface area contributed by atoms with E-state index in [1.807, 2.05) is 7.05 Å². The van der Waals surface area contributed by atoms with Crippen molar-refractivity contribution in [2.75, 3.05) is 47.4 Å². The highest BCUT2D eigenvalue weighted by Crippen LogP contribution is 2.43. The molecule has 1 saturated carbocycles. The molecule has 6 heteroatoms. The first-order valence-corrected chi connectivity index (χ1v) is 9.27. The molecule has 138 valence electrons. The van der Waals surface area contributed by atoms with E-state index in [9.17, 15) is 4.79 Å². The highest BCUT2D eigenvalue weighted by atomic mass is 16.5. The molecule has 2 rings (SSSR count). The quantitative estimate of drug-likeness (QED) is 0.547. The Hall–Kier alpha value is -1.30. The molecule has 1 saturated heterocycles. The molecule has 1 amide bonds. The second-order valence-electron chi connectivity index (χ2n) is 7.30. The van der Waals surface area contributed by atoms with E-state index < -0.39 is 0 Å². The Morgan fingerprint density at radius 2 is 2.04 bits per heavy atom. The second kappa shape index (κ2) is 9.25. The van der Waals surface area contributed by atoms with Crippen LogP contribution in [0.1, 0.15) is 44.9 Å². The fourth-order valence-corrected chi connectivity index (χ4v) is 3.82. The number of piperidine rings is 1. The molecule has 6 nitrogen and oxygen atoms in total. The summed E-state index contributed by atoms with van der Waals surface area (Å²) in [5.41, 5.74) is 0.392. The third-order valence-electron chi connectivity index (χ3n) is 5.75. The van der Waals surface area contributed by atoms with Gasteiger partial charge in [-0.2, -0.15) is 0 Å². The number of likely N-dealkylation sites (tertiary alicyclic amines) is 1. The summed E-state index contributed by atoms with van der Waals surface area (Å²) in [4.78, 5) is 18.3. The van der Waals surface area contributed by atoms with E-state index >= 15 is 0 Å². The van der Waals surface area contributed by atoms with Gasteiger partial charge in [-0.25, -0.2) is 0 Å². The maximum atomic E-state index is 11.5. The van der Waals surface area contributed by atoms with Gasteiger partial charge in [-0.15, -0.1) is 0 Å². The largest absolute Gasteiger partial charge is 0.385 e. The molecule has 0 unspecified atom stereocenters. The maximum absolute atomic E-state index is 11.5. The van der Waals surface area contributed by atoms with Crippen molar-refractivity contribution in [2.45, 2.75) is 44.9 Å². The summed E-state index contributed by atoms with van der Waals surface area (Å²) in [6.45, 7) is 3.78. The van der Waals surface area contributed by atoms with Crippen molar-refractivity contribution in [1.29, 1.82) is 0 Å². The fraction of sp³-hybridized carbons (Fsp3) is 0.889. The number of hydrogen-bond acceptors (Lipinski definition) is 3. The van der Waals surface area contributed by atoms with E-state index in [-0.39, 0.29) is 5.91 Å². The molecule has 24 heavy (non-hydrogen) atoms. The lowest BCUT2D eigenvalue weighted by Crippen LogP contribution is -2.50. The van der Waals surface area contributed by atoms with Crippen LogP contribution in [0, 0.1) is 11.3 Å². The van der Waals surface area contributed by atoms with Crippen LogP contribution in [0.4, 0.5) is 0 Å². The predicted octanol–water partition coefficient (Wildman–Crippen LogP) is 1.62. The number of rotatable bonds is 7. The van der Waals surface area contributed by atoms with E-state index in [4.69, 9.17) is 4.74 Å². The number of nitrogens with one attached hydrogen (secondary N) is 2. The van der Waals surface area contributed by atoms with Gasteiger partial charge in [0.1, 0.15) is 0 Å². The van der Waals surface area contributed by atoms with Crippen molar-refractivity contribution >= 4 is 11.9 Å². The number of hydrogen-bond donors (Lipinski definition) is 2. The Morgan fingerprint density at radius 3 is 2.54 bits per heavy atom. The number of carbonyl (C=O) groups excluding carboxylic acids is 1. The van der Waals surface area contributed by atoms with E-state index in [0.29, 0.717) is 17.8 Å². The molecule has 2 fully saturated rings. The fourth-order valence-electron chi connectivity index (χ4n) is 3.82. The second-order valence-corrected chi connectivity index (χ2v) is 7.30. The molecule has 2 aliphatic rings. The van der Waals surface area contributed by atoms with Crippen LogP contribution in [0.2, 0.25) is 0 Å². The summed E-state index contributed by atoms with van der Waals surface area (Å²) in [7, 11) is 5.35. The van der Waals surface area contributed by atoms with Gasteiger partial charge in [-0.3, -0.25) is 9.79 Å². The van der Waals surface area contributed by atoms with Gasteiger partial charge in [0.2, 0.25) is 5.91 Å². The highest BCUT2D eigenvalue weighted by Gasteiger charge is 2.37. The van der Waals surface area contributed by atoms with Crippen molar-refractivity contribution < 1.29 is 9.53 Å². The molecule has 0 aromatic carbocycles. The lowest BCUT2D eigenvalue weighted by atomic mass is 9.67. The van der Waals surface area contributed by atoms with Crippen LogP contribution in [0.15, 0.2) is 4.99 Å². The summed E-state index contributed by atoms with van der Waals surface area (Å²) >= 11 is 0. The monoisotopic (exact) mass is 338 g/mol. The molecule has 1 aliphatic carbocycles. The molecule has 0 aromatic rings. The van der Waals surface area contributed by atoms with Crippen molar-refractivity contribution in [3.05, 3.63) is 0 Å². The van der Waals surface area contributed by atoms with Crippen LogP contribution in [0.25, 0.3) is 0 Å². The Balaban J connectivity index is 1.77. The van der Waals surface area contributed by atoms with Crippen molar-refractivity contribution in [3.8, 4) is 0 Å². The van der Waals surface area contributed by atoms with Crippen molar-refractivity contribution in [1.82, 2.24) is 15.5 Å². The van der Waals surface area contributed by atoms with Crippen LogP contribution in [-0.4, -0.2) is 64.2 Å². The van der Waals surface area contributed by atoms with Gasteiger partial charge in [0, 0.05) is 53.9 Å². The van der Waals surface area contributed by atoms with Gasteiger partial charge in [0.25, 0.3) is 0 Å². The highest BCUT2D eigenvalue weighted by molar-refractivity contribution is 5.80. The number of carbonyl (C=O) groups is 1. The van der Waals surface area contributed by atoms with Gasteiger partial charge < -0.3 is 20.3 Å². The first kappa shape index (κ1) is 19.0. The molecule has 0 bridgehead atoms. The lowest BCUT2D eigenvalue weighted by Gasteiger charge is -2.43. The topological polar surface area (TPSA) is 66.0 Å². The first-order chi connectivity index (χ1) is 11.6. The zero-order valence-corrected chi connectivity index (χ0v) is 15.6. The molecule has 0 atom stereocenters. The molecule has 0 spiro atoms. The summed E-state index contributed by atoms with van der Waals surface area (Å²) in [6.07, 6.45) is 7.79. The first-order valence-electron chi connectivity index (χ1n) is 9.27. The van der Waals surface area contributed by atoms with Crippen molar-refractivity contribution in [2.24, 2.45) is 16.3 Å². The Kier molecular flexibility index (Phi) is 7.34. The lowest BCUT2D eigenvalue weighted by molar-refractivity contribution is -0.121. The third kappa shape index (κ3) is 5.10. The molecular formula is C18H34N4O2. The number of ether oxygens (including phenoxy) is 1. The van der Waals surface area contributed by atoms with E-state index in [1.54, 1.807) is 14.2 Å². The molecule has 2 N–H and O–H groups in total. The smallest absolute Gasteiger partial charge is 0.220 e. The van der Waals surface area contributed by atoms with Gasteiger partial charge >= 0.3 is 0 Å². The minimum atomic E-state index is 0.154. The van der Waals surface area contributed by atoms with Gasteiger partial charge in [0.15, 0.2) is 5.96 Å². The molecule has 1 aliphatic heterocycles. The third-order valence-corrected chi connectivity index (χ3v) is 5.75. The Bertz CT molecular complexity index is 427. The number of guanidine groups is 1. The molecular weight excluding hydrogens is 304 g/mol. The summed E-state index contributed by atoms with van der Waals surface area (Å²) < 4.78 is 5.27. The molecule has 0 aromatic heterocycles. The number of methoxy groups -OCH3 is 1. The summed E-state index contributed by atoms with van der Waals surface area (Å²) in [5.74, 6) is 1.66. The standard InChI is InChI=1S/C18H34N4O2/c1-19-16(23)13-15-5-10-22(11-6-15)17(20-2)21-14-18(7-4-8-18)9-12-24-3/h15H,4-14H2,1-3H3,(H,19,23)(H,20,21). The Morgan fingerprint density at radius 1 is 1.33 bits per heavy atom. The van der Waals surface area contributed by atoms with Crippen LogP contribution in [-0.2, 0) is 9.53 Å². The van der Waals surface area contributed by atoms with Gasteiger partial charge in [-0.05, 0) is 43.4 Å². The average Bonchev–Trinajstić information content (AvgIpc) is 2.57. The molecule has 1 heterocycles. The van der Waals surface area contributed by atoms with Gasteiger partial charge in [0.05, 0.1) is 0 Å². The Labute approximate surface area is 146 Å².